The van der Waals surface area contributed by atoms with Gasteiger partial charge in [-0.3, -0.25) is 9.78 Å². The van der Waals surface area contributed by atoms with Crippen LogP contribution in [0.2, 0.25) is 0 Å². The van der Waals surface area contributed by atoms with Crippen molar-refractivity contribution in [3.8, 4) is 0 Å². The Morgan fingerprint density at radius 1 is 1.35 bits per heavy atom. The lowest BCUT2D eigenvalue weighted by atomic mass is 10.1. The summed E-state index contributed by atoms with van der Waals surface area (Å²) in [6.45, 7) is 3.76. The summed E-state index contributed by atoms with van der Waals surface area (Å²) in [5.74, 6) is 1.18. The van der Waals surface area contributed by atoms with Gasteiger partial charge in [-0.15, -0.1) is 0 Å². The van der Waals surface area contributed by atoms with Crippen LogP contribution in [0.5, 0.6) is 0 Å². The molecule has 1 atom stereocenters. The third-order valence-corrected chi connectivity index (χ3v) is 2.43. The zero-order valence-corrected chi connectivity index (χ0v) is 9.77. The van der Waals surface area contributed by atoms with Gasteiger partial charge in [-0.05, 0) is 31.5 Å². The lowest BCUT2D eigenvalue weighted by Gasteiger charge is -2.14. The third kappa shape index (κ3) is 2.90. The SMILES string of the molecule is Cc1nc(NC(C)c2ccncc2)cc(=O)[nH]1. The average Bonchev–Trinajstić information content (AvgIpc) is 2.28. The Balaban J connectivity index is 2.18. The number of aromatic nitrogens is 3. The first-order valence-corrected chi connectivity index (χ1v) is 5.39. The molecule has 0 aliphatic rings. The molecule has 2 aromatic rings. The molecule has 17 heavy (non-hydrogen) atoms. The number of aromatic amines is 1. The number of aryl methyl sites for hydroxylation is 1. The van der Waals surface area contributed by atoms with Crippen LogP contribution in [0.4, 0.5) is 5.82 Å². The quantitative estimate of drug-likeness (QED) is 0.841. The van der Waals surface area contributed by atoms with E-state index in [1.54, 1.807) is 19.3 Å². The molecule has 0 fully saturated rings. The molecule has 1 unspecified atom stereocenters. The first-order valence-electron chi connectivity index (χ1n) is 5.39. The van der Waals surface area contributed by atoms with Crippen molar-refractivity contribution in [3.63, 3.8) is 0 Å². The van der Waals surface area contributed by atoms with Crippen molar-refractivity contribution >= 4 is 5.82 Å². The summed E-state index contributed by atoms with van der Waals surface area (Å²) in [7, 11) is 0. The summed E-state index contributed by atoms with van der Waals surface area (Å²) in [5, 5.41) is 3.18. The minimum Gasteiger partial charge on any atom is -0.363 e. The molecule has 0 bridgehead atoms. The van der Waals surface area contributed by atoms with E-state index in [1.807, 2.05) is 19.1 Å². The van der Waals surface area contributed by atoms with E-state index in [2.05, 4.69) is 20.3 Å². The Bertz CT molecular complexity index is 550. The normalized spacial score (nSPS) is 12.1. The van der Waals surface area contributed by atoms with Gasteiger partial charge < -0.3 is 10.3 Å². The minimum atomic E-state index is -0.151. The van der Waals surface area contributed by atoms with Gasteiger partial charge in [0, 0.05) is 18.5 Å². The topological polar surface area (TPSA) is 70.7 Å². The number of rotatable bonds is 3. The van der Waals surface area contributed by atoms with Gasteiger partial charge in [0.25, 0.3) is 5.56 Å². The fourth-order valence-electron chi connectivity index (χ4n) is 1.61. The molecular formula is C12H14N4O. The molecule has 0 radical (unpaired) electrons. The van der Waals surface area contributed by atoms with Gasteiger partial charge in [-0.25, -0.2) is 4.98 Å². The monoisotopic (exact) mass is 230 g/mol. The zero-order valence-electron chi connectivity index (χ0n) is 9.77. The van der Waals surface area contributed by atoms with Crippen molar-refractivity contribution in [2.45, 2.75) is 19.9 Å². The van der Waals surface area contributed by atoms with Crippen LogP contribution in [0.1, 0.15) is 24.4 Å². The number of nitrogens with one attached hydrogen (secondary N) is 2. The van der Waals surface area contributed by atoms with Crippen LogP contribution in [0.3, 0.4) is 0 Å². The number of H-pyrrole nitrogens is 1. The molecule has 0 aromatic carbocycles. The van der Waals surface area contributed by atoms with Crippen LogP contribution in [0.15, 0.2) is 35.4 Å². The van der Waals surface area contributed by atoms with E-state index in [0.717, 1.165) is 5.56 Å². The summed E-state index contributed by atoms with van der Waals surface area (Å²) < 4.78 is 0. The maximum Gasteiger partial charge on any atom is 0.252 e. The Labute approximate surface area is 99.0 Å². The number of pyridine rings is 1. The molecule has 5 nitrogen and oxygen atoms in total. The summed E-state index contributed by atoms with van der Waals surface area (Å²) >= 11 is 0. The van der Waals surface area contributed by atoms with E-state index in [-0.39, 0.29) is 11.6 Å². The molecule has 2 N–H and O–H groups in total. The Hall–Kier alpha value is -2.17. The van der Waals surface area contributed by atoms with Crippen LogP contribution >= 0.6 is 0 Å². The molecule has 88 valence electrons. The Kier molecular flexibility index (Phi) is 3.18. The summed E-state index contributed by atoms with van der Waals surface area (Å²) in [6.07, 6.45) is 3.48. The second kappa shape index (κ2) is 4.78. The minimum absolute atomic E-state index is 0.0756. The van der Waals surface area contributed by atoms with Gasteiger partial charge in [-0.1, -0.05) is 0 Å². The summed E-state index contributed by atoms with van der Waals surface area (Å²) in [4.78, 5) is 22.1. The van der Waals surface area contributed by atoms with Crippen molar-refractivity contribution in [3.05, 3.63) is 52.3 Å². The van der Waals surface area contributed by atoms with E-state index in [4.69, 9.17) is 0 Å². The van der Waals surface area contributed by atoms with Gasteiger partial charge in [-0.2, -0.15) is 0 Å². The highest BCUT2D eigenvalue weighted by Gasteiger charge is 2.06. The highest BCUT2D eigenvalue weighted by Crippen LogP contribution is 2.15. The van der Waals surface area contributed by atoms with Crippen LogP contribution in [0, 0.1) is 6.92 Å². The molecule has 2 aromatic heterocycles. The Morgan fingerprint density at radius 3 is 2.71 bits per heavy atom. The standard InChI is InChI=1S/C12H14N4O/c1-8(10-3-5-13-6-4-10)14-11-7-12(17)16-9(2)15-11/h3-8H,1-2H3,(H2,14,15,16,17). The first-order chi connectivity index (χ1) is 8.15. The summed E-state index contributed by atoms with van der Waals surface area (Å²) in [6, 6.07) is 5.38. The maximum atomic E-state index is 11.3. The number of hydrogen-bond donors (Lipinski definition) is 2. The smallest absolute Gasteiger partial charge is 0.252 e. The number of nitrogens with zero attached hydrogens (tertiary/aromatic N) is 2. The maximum absolute atomic E-state index is 11.3. The van der Waals surface area contributed by atoms with Gasteiger partial charge >= 0.3 is 0 Å². The van der Waals surface area contributed by atoms with Crippen LogP contribution in [0.25, 0.3) is 0 Å². The second-order valence-electron chi connectivity index (χ2n) is 3.86. The molecule has 0 saturated heterocycles. The van der Waals surface area contributed by atoms with Crippen LogP contribution < -0.4 is 10.9 Å². The predicted molar refractivity (Wildman–Crippen MR) is 65.9 cm³/mol. The highest BCUT2D eigenvalue weighted by molar-refractivity contribution is 5.36. The van der Waals surface area contributed by atoms with E-state index in [1.165, 1.54) is 6.07 Å². The van der Waals surface area contributed by atoms with Gasteiger partial charge in [0.15, 0.2) is 0 Å². The average molecular weight is 230 g/mol. The third-order valence-electron chi connectivity index (χ3n) is 2.43. The molecule has 2 heterocycles. The predicted octanol–water partition coefficient (Wildman–Crippen LogP) is 1.65. The van der Waals surface area contributed by atoms with Gasteiger partial charge in [0.05, 0.1) is 6.04 Å². The van der Waals surface area contributed by atoms with E-state index >= 15 is 0 Å². The number of hydrogen-bond acceptors (Lipinski definition) is 4. The fraction of sp³-hybridized carbons (Fsp3) is 0.250. The lowest BCUT2D eigenvalue weighted by molar-refractivity contribution is 0.861. The fourth-order valence-corrected chi connectivity index (χ4v) is 1.61. The first kappa shape index (κ1) is 11.3. The summed E-state index contributed by atoms with van der Waals surface area (Å²) in [5.41, 5.74) is 0.946. The Morgan fingerprint density at radius 2 is 2.06 bits per heavy atom. The molecule has 0 aliphatic heterocycles. The zero-order chi connectivity index (χ0) is 12.3. The van der Waals surface area contributed by atoms with Crippen molar-refractivity contribution in [2.75, 3.05) is 5.32 Å². The second-order valence-corrected chi connectivity index (χ2v) is 3.86. The molecule has 0 amide bonds. The molecule has 0 saturated carbocycles. The van der Waals surface area contributed by atoms with Crippen molar-refractivity contribution in [1.29, 1.82) is 0 Å². The van der Waals surface area contributed by atoms with Crippen LogP contribution in [-0.4, -0.2) is 15.0 Å². The molecule has 2 rings (SSSR count). The van der Waals surface area contributed by atoms with Gasteiger partial charge in [0.2, 0.25) is 0 Å². The molecule has 0 spiro atoms. The van der Waals surface area contributed by atoms with Crippen LogP contribution in [-0.2, 0) is 0 Å². The molecule has 5 heteroatoms. The van der Waals surface area contributed by atoms with E-state index in [9.17, 15) is 4.79 Å². The lowest BCUT2D eigenvalue weighted by Crippen LogP contribution is -2.14. The van der Waals surface area contributed by atoms with E-state index in [0.29, 0.717) is 11.6 Å². The number of anilines is 1. The van der Waals surface area contributed by atoms with Crippen molar-refractivity contribution in [2.24, 2.45) is 0 Å². The van der Waals surface area contributed by atoms with Gasteiger partial charge in [0.1, 0.15) is 11.6 Å². The van der Waals surface area contributed by atoms with Crippen molar-refractivity contribution < 1.29 is 0 Å². The van der Waals surface area contributed by atoms with Crippen molar-refractivity contribution in [1.82, 2.24) is 15.0 Å². The molecular weight excluding hydrogens is 216 g/mol. The van der Waals surface area contributed by atoms with E-state index < -0.39 is 0 Å². The largest absolute Gasteiger partial charge is 0.363 e. The molecule has 0 aliphatic carbocycles. The highest BCUT2D eigenvalue weighted by atomic mass is 16.1.